The standard InChI is InChI=1S/C13H23N3S/c1-3-5-14-13-4-6-16(7-11(13)2)8-12-9-17-10-15-12/h9-11,13-14H,3-8H2,1-2H3. The largest absolute Gasteiger partial charge is 0.314 e. The molecular weight excluding hydrogens is 230 g/mol. The highest BCUT2D eigenvalue weighted by Gasteiger charge is 2.25. The highest BCUT2D eigenvalue weighted by molar-refractivity contribution is 7.07. The molecule has 1 fully saturated rings. The summed E-state index contributed by atoms with van der Waals surface area (Å²) in [5, 5.41) is 5.82. The third kappa shape index (κ3) is 3.76. The maximum atomic E-state index is 4.37. The molecule has 96 valence electrons. The van der Waals surface area contributed by atoms with Crippen molar-refractivity contribution in [2.45, 2.75) is 39.3 Å². The van der Waals surface area contributed by atoms with Gasteiger partial charge in [-0.05, 0) is 25.3 Å². The number of nitrogens with one attached hydrogen (secondary N) is 1. The smallest absolute Gasteiger partial charge is 0.0795 e. The zero-order chi connectivity index (χ0) is 12.1. The van der Waals surface area contributed by atoms with Gasteiger partial charge in [0, 0.05) is 31.1 Å². The number of likely N-dealkylation sites (tertiary alicyclic amines) is 1. The van der Waals surface area contributed by atoms with Crippen molar-refractivity contribution < 1.29 is 0 Å². The van der Waals surface area contributed by atoms with Crippen LogP contribution in [0, 0.1) is 5.92 Å². The quantitative estimate of drug-likeness (QED) is 0.873. The zero-order valence-electron chi connectivity index (χ0n) is 10.9. The highest BCUT2D eigenvalue weighted by atomic mass is 32.1. The Labute approximate surface area is 108 Å². The van der Waals surface area contributed by atoms with Crippen LogP contribution in [-0.2, 0) is 6.54 Å². The van der Waals surface area contributed by atoms with Crippen molar-refractivity contribution in [3.8, 4) is 0 Å². The summed E-state index contributed by atoms with van der Waals surface area (Å²) in [5.41, 5.74) is 3.15. The lowest BCUT2D eigenvalue weighted by Gasteiger charge is -2.37. The van der Waals surface area contributed by atoms with Crippen LogP contribution in [-0.4, -0.2) is 35.6 Å². The van der Waals surface area contributed by atoms with Crippen LogP contribution in [0.15, 0.2) is 10.9 Å². The molecule has 1 aliphatic heterocycles. The molecule has 3 nitrogen and oxygen atoms in total. The van der Waals surface area contributed by atoms with Gasteiger partial charge in [0.15, 0.2) is 0 Å². The Morgan fingerprint density at radius 2 is 2.47 bits per heavy atom. The van der Waals surface area contributed by atoms with Gasteiger partial charge in [0.1, 0.15) is 0 Å². The van der Waals surface area contributed by atoms with E-state index in [1.807, 2.05) is 5.51 Å². The van der Waals surface area contributed by atoms with E-state index in [2.05, 4.69) is 34.4 Å². The fraction of sp³-hybridized carbons (Fsp3) is 0.769. The van der Waals surface area contributed by atoms with Gasteiger partial charge in [-0.2, -0.15) is 0 Å². The van der Waals surface area contributed by atoms with Gasteiger partial charge in [-0.3, -0.25) is 4.90 Å². The van der Waals surface area contributed by atoms with Crippen molar-refractivity contribution in [2.24, 2.45) is 5.92 Å². The van der Waals surface area contributed by atoms with Crippen molar-refractivity contribution in [3.63, 3.8) is 0 Å². The molecular formula is C13H23N3S. The molecule has 0 aromatic carbocycles. The van der Waals surface area contributed by atoms with Crippen molar-refractivity contribution in [2.75, 3.05) is 19.6 Å². The van der Waals surface area contributed by atoms with Crippen molar-refractivity contribution in [1.82, 2.24) is 15.2 Å². The fourth-order valence-corrected chi connectivity index (χ4v) is 3.10. The van der Waals surface area contributed by atoms with Gasteiger partial charge in [-0.15, -0.1) is 11.3 Å². The molecule has 4 heteroatoms. The minimum absolute atomic E-state index is 0.710. The molecule has 0 radical (unpaired) electrons. The molecule has 1 aromatic heterocycles. The normalized spacial score (nSPS) is 26.2. The predicted octanol–water partition coefficient (Wildman–Crippen LogP) is 2.35. The molecule has 0 amide bonds. The Hall–Kier alpha value is -0.450. The first kappa shape index (κ1) is 13.0. The second-order valence-corrected chi connectivity index (χ2v) is 5.76. The molecule has 2 heterocycles. The summed E-state index contributed by atoms with van der Waals surface area (Å²) >= 11 is 1.69. The highest BCUT2D eigenvalue weighted by Crippen LogP contribution is 2.18. The zero-order valence-corrected chi connectivity index (χ0v) is 11.7. The second-order valence-electron chi connectivity index (χ2n) is 5.04. The van der Waals surface area contributed by atoms with Crippen LogP contribution in [0.2, 0.25) is 0 Å². The van der Waals surface area contributed by atoms with Gasteiger partial charge in [-0.25, -0.2) is 4.98 Å². The maximum Gasteiger partial charge on any atom is 0.0795 e. The van der Waals surface area contributed by atoms with Crippen LogP contribution >= 0.6 is 11.3 Å². The molecule has 1 saturated heterocycles. The minimum atomic E-state index is 0.710. The van der Waals surface area contributed by atoms with Crippen molar-refractivity contribution in [1.29, 1.82) is 0 Å². The van der Waals surface area contributed by atoms with E-state index in [1.165, 1.54) is 31.6 Å². The van der Waals surface area contributed by atoms with E-state index in [-0.39, 0.29) is 0 Å². The van der Waals surface area contributed by atoms with E-state index in [0.717, 1.165) is 19.0 Å². The van der Waals surface area contributed by atoms with E-state index in [4.69, 9.17) is 0 Å². The number of rotatable bonds is 5. The van der Waals surface area contributed by atoms with Gasteiger partial charge >= 0.3 is 0 Å². The summed E-state index contributed by atoms with van der Waals surface area (Å²) in [6.45, 7) is 9.16. The Balaban J connectivity index is 1.78. The van der Waals surface area contributed by atoms with Gasteiger partial charge in [-0.1, -0.05) is 13.8 Å². The number of nitrogens with zero attached hydrogens (tertiary/aromatic N) is 2. The van der Waals surface area contributed by atoms with Crippen LogP contribution < -0.4 is 5.32 Å². The summed E-state index contributed by atoms with van der Waals surface area (Å²) in [6, 6.07) is 0.710. The first-order valence-electron chi connectivity index (χ1n) is 6.62. The van der Waals surface area contributed by atoms with Gasteiger partial charge in [0.2, 0.25) is 0 Å². The van der Waals surface area contributed by atoms with Crippen LogP contribution in [0.5, 0.6) is 0 Å². The lowest BCUT2D eigenvalue weighted by atomic mass is 9.93. The van der Waals surface area contributed by atoms with Gasteiger partial charge < -0.3 is 5.32 Å². The topological polar surface area (TPSA) is 28.2 Å². The number of thiazole rings is 1. The first-order valence-corrected chi connectivity index (χ1v) is 7.56. The molecule has 1 aromatic rings. The van der Waals surface area contributed by atoms with Gasteiger partial charge in [0.25, 0.3) is 0 Å². The Morgan fingerprint density at radius 1 is 1.59 bits per heavy atom. The average molecular weight is 253 g/mol. The second kappa shape index (κ2) is 6.47. The predicted molar refractivity (Wildman–Crippen MR) is 73.3 cm³/mol. The summed E-state index contributed by atoms with van der Waals surface area (Å²) in [4.78, 5) is 6.90. The van der Waals surface area contributed by atoms with Crippen molar-refractivity contribution >= 4 is 11.3 Å². The molecule has 17 heavy (non-hydrogen) atoms. The number of hydrogen-bond acceptors (Lipinski definition) is 4. The lowest BCUT2D eigenvalue weighted by molar-refractivity contribution is 0.140. The lowest BCUT2D eigenvalue weighted by Crippen LogP contribution is -2.48. The molecule has 2 rings (SSSR count). The van der Waals surface area contributed by atoms with E-state index >= 15 is 0 Å². The Bertz CT molecular complexity index is 312. The van der Waals surface area contributed by atoms with E-state index in [9.17, 15) is 0 Å². The third-order valence-electron chi connectivity index (χ3n) is 3.51. The molecule has 1 N–H and O–H groups in total. The Morgan fingerprint density at radius 3 is 3.12 bits per heavy atom. The van der Waals surface area contributed by atoms with E-state index in [0.29, 0.717) is 6.04 Å². The van der Waals surface area contributed by atoms with Crippen LogP contribution in [0.4, 0.5) is 0 Å². The minimum Gasteiger partial charge on any atom is -0.314 e. The molecule has 2 unspecified atom stereocenters. The van der Waals surface area contributed by atoms with Crippen LogP contribution in [0.1, 0.15) is 32.4 Å². The van der Waals surface area contributed by atoms with Crippen LogP contribution in [0.3, 0.4) is 0 Å². The van der Waals surface area contributed by atoms with Gasteiger partial charge in [0.05, 0.1) is 11.2 Å². The Kier molecular flexibility index (Phi) is 4.95. The first-order chi connectivity index (χ1) is 8.29. The third-order valence-corrected chi connectivity index (χ3v) is 4.15. The molecule has 0 bridgehead atoms. The fourth-order valence-electron chi connectivity index (χ4n) is 2.55. The molecule has 0 spiro atoms. The summed E-state index contributed by atoms with van der Waals surface area (Å²) < 4.78 is 0. The maximum absolute atomic E-state index is 4.37. The molecule has 2 atom stereocenters. The SMILES string of the molecule is CCCNC1CCN(Cc2cscn2)CC1C. The number of aromatic nitrogens is 1. The summed E-state index contributed by atoms with van der Waals surface area (Å²) in [5.74, 6) is 0.744. The van der Waals surface area contributed by atoms with E-state index in [1.54, 1.807) is 11.3 Å². The molecule has 0 aliphatic carbocycles. The van der Waals surface area contributed by atoms with E-state index < -0.39 is 0 Å². The van der Waals surface area contributed by atoms with Crippen molar-refractivity contribution in [3.05, 3.63) is 16.6 Å². The van der Waals surface area contributed by atoms with Crippen LogP contribution in [0.25, 0.3) is 0 Å². The summed E-state index contributed by atoms with van der Waals surface area (Å²) in [7, 11) is 0. The molecule has 0 saturated carbocycles. The average Bonchev–Trinajstić information content (AvgIpc) is 2.81. The molecule has 1 aliphatic rings. The number of piperidine rings is 1. The monoisotopic (exact) mass is 253 g/mol. The summed E-state index contributed by atoms with van der Waals surface area (Å²) in [6.07, 6.45) is 2.50. The number of hydrogen-bond donors (Lipinski definition) is 1.